The second kappa shape index (κ2) is 4.91. The van der Waals surface area contributed by atoms with E-state index >= 15 is 0 Å². The van der Waals surface area contributed by atoms with Gasteiger partial charge in [0.25, 0.3) is 0 Å². The van der Waals surface area contributed by atoms with Crippen molar-refractivity contribution < 1.29 is 9.32 Å². The molecule has 0 amide bonds. The van der Waals surface area contributed by atoms with Gasteiger partial charge in [0, 0.05) is 23.9 Å². The molecular formula is C14H15N3O2. The topological polar surface area (TPSA) is 68.9 Å². The molecule has 5 nitrogen and oxygen atoms in total. The van der Waals surface area contributed by atoms with E-state index in [0.717, 1.165) is 30.4 Å². The van der Waals surface area contributed by atoms with Crippen molar-refractivity contribution in [2.45, 2.75) is 32.6 Å². The Labute approximate surface area is 111 Å². The van der Waals surface area contributed by atoms with E-state index in [2.05, 4.69) is 22.0 Å². The highest BCUT2D eigenvalue weighted by Crippen LogP contribution is 2.31. The van der Waals surface area contributed by atoms with Crippen molar-refractivity contribution in [3.63, 3.8) is 0 Å². The monoisotopic (exact) mass is 257 g/mol. The number of Topliss-reactive ketones (excluding diaryl/α,β-unsaturated/α-hetero) is 1. The SMILES string of the molecule is CCc1cnccc1-c1noc(CC(=O)C2CC2)n1. The number of aryl methyl sites for hydroxylation is 1. The Balaban J connectivity index is 1.82. The lowest BCUT2D eigenvalue weighted by Crippen LogP contribution is -2.04. The fourth-order valence-corrected chi connectivity index (χ4v) is 2.06. The first kappa shape index (κ1) is 12.0. The van der Waals surface area contributed by atoms with Crippen molar-refractivity contribution in [1.29, 1.82) is 0 Å². The van der Waals surface area contributed by atoms with E-state index in [4.69, 9.17) is 4.52 Å². The van der Waals surface area contributed by atoms with Gasteiger partial charge in [-0.25, -0.2) is 0 Å². The summed E-state index contributed by atoms with van der Waals surface area (Å²) in [5.74, 6) is 1.38. The Hall–Kier alpha value is -2.04. The van der Waals surface area contributed by atoms with Crippen molar-refractivity contribution in [1.82, 2.24) is 15.1 Å². The van der Waals surface area contributed by atoms with Crippen LogP contribution in [0.2, 0.25) is 0 Å². The van der Waals surface area contributed by atoms with Gasteiger partial charge in [0.15, 0.2) is 0 Å². The van der Waals surface area contributed by atoms with E-state index < -0.39 is 0 Å². The standard InChI is InChI=1S/C14H15N3O2/c1-2-9-8-15-6-5-11(9)14-16-13(19-17-14)7-12(18)10-3-4-10/h5-6,8,10H,2-4,7H2,1H3. The molecule has 2 aromatic heterocycles. The number of carbonyl (C=O) groups excluding carboxylic acids is 1. The lowest BCUT2D eigenvalue weighted by molar-refractivity contribution is -0.119. The highest BCUT2D eigenvalue weighted by molar-refractivity contribution is 5.84. The average Bonchev–Trinajstić information content (AvgIpc) is 3.20. The molecule has 98 valence electrons. The van der Waals surface area contributed by atoms with Gasteiger partial charge in [-0.2, -0.15) is 4.98 Å². The van der Waals surface area contributed by atoms with E-state index in [-0.39, 0.29) is 18.1 Å². The summed E-state index contributed by atoms with van der Waals surface area (Å²) >= 11 is 0. The van der Waals surface area contributed by atoms with Crippen LogP contribution in [0.15, 0.2) is 23.0 Å². The molecule has 3 rings (SSSR count). The van der Waals surface area contributed by atoms with Gasteiger partial charge in [-0.3, -0.25) is 9.78 Å². The van der Waals surface area contributed by atoms with Crippen molar-refractivity contribution in [2.75, 3.05) is 0 Å². The number of ketones is 1. The summed E-state index contributed by atoms with van der Waals surface area (Å²) < 4.78 is 5.16. The molecule has 0 N–H and O–H groups in total. The molecule has 0 atom stereocenters. The van der Waals surface area contributed by atoms with E-state index in [1.165, 1.54) is 0 Å². The quantitative estimate of drug-likeness (QED) is 0.821. The predicted molar refractivity (Wildman–Crippen MR) is 68.3 cm³/mol. The number of hydrogen-bond donors (Lipinski definition) is 0. The maximum Gasteiger partial charge on any atom is 0.234 e. The zero-order valence-corrected chi connectivity index (χ0v) is 10.8. The molecule has 0 saturated heterocycles. The Morgan fingerprint density at radius 1 is 1.47 bits per heavy atom. The van der Waals surface area contributed by atoms with Crippen LogP contribution < -0.4 is 0 Å². The van der Waals surface area contributed by atoms with Crippen LogP contribution in [0, 0.1) is 5.92 Å². The molecule has 0 unspecified atom stereocenters. The first-order chi connectivity index (χ1) is 9.28. The smallest absolute Gasteiger partial charge is 0.234 e. The van der Waals surface area contributed by atoms with Gasteiger partial charge >= 0.3 is 0 Å². The van der Waals surface area contributed by atoms with E-state index in [1.54, 1.807) is 12.4 Å². The summed E-state index contributed by atoms with van der Waals surface area (Å²) in [5, 5.41) is 3.96. The van der Waals surface area contributed by atoms with Crippen LogP contribution in [-0.4, -0.2) is 20.9 Å². The summed E-state index contributed by atoms with van der Waals surface area (Å²) in [6.45, 7) is 2.05. The molecular weight excluding hydrogens is 242 g/mol. The molecule has 2 heterocycles. The van der Waals surface area contributed by atoms with E-state index in [1.807, 2.05) is 6.07 Å². The third kappa shape index (κ3) is 2.54. The fourth-order valence-electron chi connectivity index (χ4n) is 2.06. The summed E-state index contributed by atoms with van der Waals surface area (Å²) in [6.07, 6.45) is 6.63. The van der Waals surface area contributed by atoms with Crippen molar-refractivity contribution >= 4 is 5.78 Å². The lowest BCUT2D eigenvalue weighted by atomic mass is 10.1. The summed E-state index contributed by atoms with van der Waals surface area (Å²) in [6, 6.07) is 1.87. The van der Waals surface area contributed by atoms with Gasteiger partial charge in [-0.15, -0.1) is 0 Å². The number of pyridine rings is 1. The van der Waals surface area contributed by atoms with Crippen molar-refractivity contribution in [3.05, 3.63) is 29.9 Å². The molecule has 1 aliphatic carbocycles. The number of carbonyl (C=O) groups is 1. The summed E-state index contributed by atoms with van der Waals surface area (Å²) in [5.41, 5.74) is 2.00. The van der Waals surface area contributed by atoms with Gasteiger partial charge in [-0.05, 0) is 30.9 Å². The highest BCUT2D eigenvalue weighted by Gasteiger charge is 2.30. The van der Waals surface area contributed by atoms with Crippen LogP contribution in [0.1, 0.15) is 31.2 Å². The Morgan fingerprint density at radius 3 is 3.05 bits per heavy atom. The normalized spacial score (nSPS) is 14.6. The summed E-state index contributed by atoms with van der Waals surface area (Å²) in [4.78, 5) is 20.1. The minimum atomic E-state index is 0.209. The van der Waals surface area contributed by atoms with Crippen molar-refractivity contribution in [3.8, 4) is 11.4 Å². The van der Waals surface area contributed by atoms with Crippen LogP contribution >= 0.6 is 0 Å². The third-order valence-corrected chi connectivity index (χ3v) is 3.35. The number of hydrogen-bond acceptors (Lipinski definition) is 5. The first-order valence-electron chi connectivity index (χ1n) is 6.56. The van der Waals surface area contributed by atoms with Gasteiger partial charge in [-0.1, -0.05) is 12.1 Å². The molecule has 1 fully saturated rings. The van der Waals surface area contributed by atoms with Crippen LogP contribution in [-0.2, 0) is 17.6 Å². The molecule has 0 spiro atoms. The number of rotatable bonds is 5. The van der Waals surface area contributed by atoms with E-state index in [0.29, 0.717) is 11.7 Å². The predicted octanol–water partition coefficient (Wildman–Crippen LogP) is 2.22. The van der Waals surface area contributed by atoms with Crippen LogP contribution in [0.3, 0.4) is 0 Å². The molecule has 0 aromatic carbocycles. The average molecular weight is 257 g/mol. The zero-order valence-electron chi connectivity index (χ0n) is 10.8. The third-order valence-electron chi connectivity index (χ3n) is 3.35. The molecule has 0 aliphatic heterocycles. The number of aromatic nitrogens is 3. The number of nitrogens with zero attached hydrogens (tertiary/aromatic N) is 3. The second-order valence-corrected chi connectivity index (χ2v) is 4.82. The molecule has 0 radical (unpaired) electrons. The summed E-state index contributed by atoms with van der Waals surface area (Å²) in [7, 11) is 0. The van der Waals surface area contributed by atoms with Crippen molar-refractivity contribution in [2.24, 2.45) is 5.92 Å². The minimum Gasteiger partial charge on any atom is -0.339 e. The van der Waals surface area contributed by atoms with Gasteiger partial charge in [0.1, 0.15) is 5.78 Å². The molecule has 5 heteroatoms. The highest BCUT2D eigenvalue weighted by atomic mass is 16.5. The lowest BCUT2D eigenvalue weighted by Gasteiger charge is -2.00. The maximum absolute atomic E-state index is 11.7. The zero-order chi connectivity index (χ0) is 13.2. The Kier molecular flexibility index (Phi) is 3.11. The Bertz CT molecular complexity index is 602. The fraction of sp³-hybridized carbons (Fsp3) is 0.429. The molecule has 1 aliphatic rings. The first-order valence-corrected chi connectivity index (χ1v) is 6.56. The molecule has 1 saturated carbocycles. The molecule has 0 bridgehead atoms. The largest absolute Gasteiger partial charge is 0.339 e. The van der Waals surface area contributed by atoms with Gasteiger partial charge in [0.05, 0.1) is 6.42 Å². The van der Waals surface area contributed by atoms with Crippen LogP contribution in [0.4, 0.5) is 0 Å². The maximum atomic E-state index is 11.7. The Morgan fingerprint density at radius 2 is 2.32 bits per heavy atom. The molecule has 2 aromatic rings. The van der Waals surface area contributed by atoms with Gasteiger partial charge in [0.2, 0.25) is 11.7 Å². The van der Waals surface area contributed by atoms with Crippen LogP contribution in [0.25, 0.3) is 11.4 Å². The second-order valence-electron chi connectivity index (χ2n) is 4.82. The van der Waals surface area contributed by atoms with E-state index in [9.17, 15) is 4.79 Å². The molecule has 19 heavy (non-hydrogen) atoms. The van der Waals surface area contributed by atoms with Crippen LogP contribution in [0.5, 0.6) is 0 Å². The van der Waals surface area contributed by atoms with Gasteiger partial charge < -0.3 is 4.52 Å². The minimum absolute atomic E-state index is 0.209.